The van der Waals surface area contributed by atoms with Gasteiger partial charge in [0.25, 0.3) is 47.3 Å². The van der Waals surface area contributed by atoms with Crippen molar-refractivity contribution in [1.82, 2.24) is 9.80 Å². The van der Waals surface area contributed by atoms with Gasteiger partial charge in [0.1, 0.15) is 10.8 Å². The molecule has 10 rings (SSSR count). The minimum Gasteiger partial charge on any atom is -0.478 e. The number of hydrogen-bond donors (Lipinski definition) is 1. The lowest BCUT2D eigenvalue weighted by molar-refractivity contribution is -0.173. The van der Waals surface area contributed by atoms with Gasteiger partial charge in [-0.1, -0.05) is 52.0 Å². The minimum atomic E-state index is -5.14. The van der Waals surface area contributed by atoms with Crippen molar-refractivity contribution in [2.24, 2.45) is 11.8 Å². The predicted octanol–water partition coefficient (Wildman–Crippen LogP) is 12.3. The number of carboxylic acid groups (broad SMARTS) is 1. The average molecular weight is 1150 g/mol. The second kappa shape index (κ2) is 19.0. The summed E-state index contributed by atoms with van der Waals surface area (Å²) in [5, 5.41) is 9.66. The molecule has 6 aromatic rings. The first-order chi connectivity index (χ1) is 39.0. The van der Waals surface area contributed by atoms with Gasteiger partial charge in [-0.2, -0.15) is 26.3 Å². The molecule has 6 aromatic carbocycles. The molecule has 432 valence electrons. The molecule has 8 amide bonds. The van der Waals surface area contributed by atoms with Crippen molar-refractivity contribution >= 4 is 64.6 Å². The Kier molecular flexibility index (Phi) is 13.1. The van der Waals surface area contributed by atoms with Crippen LogP contribution in [0.4, 0.5) is 37.7 Å². The van der Waals surface area contributed by atoms with Gasteiger partial charge in [0.2, 0.25) is 0 Å². The van der Waals surface area contributed by atoms with E-state index < -0.39 is 116 Å². The number of amides is 8. The number of alkyl halides is 6. The molecule has 4 aliphatic heterocycles. The third kappa shape index (κ3) is 7.73. The van der Waals surface area contributed by atoms with E-state index in [1.807, 2.05) is 0 Å². The van der Waals surface area contributed by atoms with Crippen molar-refractivity contribution < 1.29 is 74.6 Å². The summed E-state index contributed by atoms with van der Waals surface area (Å²) < 4.78 is 94.2. The number of carbonyl (C=O) groups excluding carboxylic acids is 8. The molecule has 0 bridgehead atoms. The molecule has 14 nitrogen and oxygen atoms in total. The van der Waals surface area contributed by atoms with Crippen molar-refractivity contribution in [3.8, 4) is 0 Å². The Morgan fingerprint density at radius 2 is 0.774 bits per heavy atom. The zero-order chi connectivity index (χ0) is 61.9. The molecule has 4 heterocycles. The Hall–Kier alpha value is -9.07. The summed E-state index contributed by atoms with van der Waals surface area (Å²) in [7, 11) is 1.21. The molecule has 2 atom stereocenters. The average Bonchev–Trinajstić information content (AvgIpc) is 1.46. The number of carbonyl (C=O) groups is 9. The Bertz CT molecular complexity index is 4050. The van der Waals surface area contributed by atoms with Crippen molar-refractivity contribution in [3.63, 3.8) is 0 Å². The summed E-state index contributed by atoms with van der Waals surface area (Å²) in [6, 6.07) is 16.6. The maximum Gasteiger partial charge on any atom is 0.402 e. The molecular weight excluding hydrogens is 1100 g/mol. The van der Waals surface area contributed by atoms with E-state index in [0.717, 1.165) is 107 Å². The molecule has 84 heavy (non-hydrogen) atoms. The molecule has 1 N–H and O–H groups in total. The number of rotatable bonds is 11. The van der Waals surface area contributed by atoms with Gasteiger partial charge in [-0.25, -0.2) is 14.6 Å². The largest absolute Gasteiger partial charge is 0.478 e. The van der Waals surface area contributed by atoms with E-state index in [1.165, 1.54) is 19.2 Å². The topological polar surface area (TPSA) is 187 Å². The first-order valence-electron chi connectivity index (χ1n) is 26.7. The molecule has 2 unspecified atom stereocenters. The number of imide groups is 4. The van der Waals surface area contributed by atoms with Gasteiger partial charge in [0.05, 0.1) is 67.0 Å². The van der Waals surface area contributed by atoms with E-state index in [0.29, 0.717) is 38.3 Å². The lowest BCUT2D eigenvalue weighted by atomic mass is 9.66. The van der Waals surface area contributed by atoms with Crippen LogP contribution in [-0.4, -0.2) is 87.5 Å². The summed E-state index contributed by atoms with van der Waals surface area (Å²) in [5.41, 5.74) is -9.15. The number of halogens is 6. The number of anilines is 2. The van der Waals surface area contributed by atoms with Crippen LogP contribution in [0.25, 0.3) is 0 Å². The monoisotopic (exact) mass is 1150 g/mol. The van der Waals surface area contributed by atoms with Crippen LogP contribution in [0, 0.1) is 46.5 Å². The maximum atomic E-state index is 15.9. The molecule has 0 saturated carbocycles. The fourth-order valence-corrected chi connectivity index (χ4v) is 13.2. The Morgan fingerprint density at radius 3 is 1.18 bits per heavy atom. The highest BCUT2D eigenvalue weighted by Crippen LogP contribution is 2.54. The first kappa shape index (κ1) is 58.1. The van der Waals surface area contributed by atoms with Crippen molar-refractivity contribution in [1.29, 1.82) is 0 Å². The summed E-state index contributed by atoms with van der Waals surface area (Å²) in [6.45, 7) is 16.9. The normalized spacial score (nSPS) is 16.8. The minimum absolute atomic E-state index is 0.0713. The van der Waals surface area contributed by atoms with Gasteiger partial charge in [0.15, 0.2) is 0 Å². The summed E-state index contributed by atoms with van der Waals surface area (Å²) >= 11 is 0. The van der Waals surface area contributed by atoms with Gasteiger partial charge in [-0.3, -0.25) is 48.2 Å². The van der Waals surface area contributed by atoms with Gasteiger partial charge in [-0.05, 0) is 183 Å². The van der Waals surface area contributed by atoms with E-state index in [1.54, 1.807) is 62.3 Å². The van der Waals surface area contributed by atoms with Crippen LogP contribution < -0.4 is 9.80 Å². The van der Waals surface area contributed by atoms with Crippen LogP contribution >= 0.6 is 0 Å². The number of hydrogen-bond acceptors (Lipinski definition) is 9. The fraction of sp³-hybridized carbons (Fsp3) is 0.297. The summed E-state index contributed by atoms with van der Waals surface area (Å²) in [6.07, 6.45) is -10.2. The Labute approximate surface area is 477 Å². The third-order valence-electron chi connectivity index (χ3n) is 18.1. The fourth-order valence-electron chi connectivity index (χ4n) is 13.2. The molecule has 0 radical (unpaired) electrons. The van der Waals surface area contributed by atoms with E-state index >= 15 is 35.9 Å². The van der Waals surface area contributed by atoms with Crippen LogP contribution in [0.5, 0.6) is 0 Å². The molecule has 0 aliphatic carbocycles. The highest BCUT2D eigenvalue weighted by molar-refractivity contribution is 6.36. The second-order valence-corrected chi connectivity index (χ2v) is 23.0. The number of aromatic carboxylic acids is 1. The van der Waals surface area contributed by atoms with Crippen molar-refractivity contribution in [3.05, 3.63) is 197 Å². The molecule has 0 spiro atoms. The van der Waals surface area contributed by atoms with Crippen LogP contribution in [0.1, 0.15) is 190 Å². The Morgan fingerprint density at radius 1 is 0.440 bits per heavy atom. The predicted molar refractivity (Wildman–Crippen MR) is 295 cm³/mol. The highest BCUT2D eigenvalue weighted by Gasteiger charge is 2.59. The number of carboxylic acids is 1. The zero-order valence-corrected chi connectivity index (χ0v) is 47.5. The van der Waals surface area contributed by atoms with Crippen molar-refractivity contribution in [2.75, 3.05) is 16.8 Å². The van der Waals surface area contributed by atoms with Gasteiger partial charge in [-0.15, -0.1) is 0 Å². The zero-order valence-electron chi connectivity index (χ0n) is 47.5. The second-order valence-electron chi connectivity index (χ2n) is 23.0. The number of nitrogens with zero attached hydrogens (tertiary/aromatic N) is 4. The quantitative estimate of drug-likeness (QED) is 0.0966. The van der Waals surface area contributed by atoms with Crippen LogP contribution in [-0.2, 0) is 16.4 Å². The molecule has 0 saturated heterocycles. The number of benzene rings is 6. The van der Waals surface area contributed by atoms with Gasteiger partial charge in [0, 0.05) is 7.05 Å². The first-order valence-corrected chi connectivity index (χ1v) is 26.7. The van der Waals surface area contributed by atoms with E-state index in [-0.39, 0.29) is 61.4 Å². The Balaban J connectivity index is 1.03. The highest BCUT2D eigenvalue weighted by atomic mass is 19.4. The lowest BCUT2D eigenvalue weighted by Gasteiger charge is -2.49. The lowest BCUT2D eigenvalue weighted by Crippen LogP contribution is -2.57. The molecule has 0 fully saturated rings. The molecule has 4 aliphatic rings. The van der Waals surface area contributed by atoms with Crippen LogP contribution in [0.15, 0.2) is 91.0 Å². The maximum absolute atomic E-state index is 15.9. The molecular formula is C64H54F6N4O10. The van der Waals surface area contributed by atoms with Gasteiger partial charge >= 0.3 is 18.3 Å². The molecule has 0 aromatic heterocycles. The smallest absolute Gasteiger partial charge is 0.402 e. The van der Waals surface area contributed by atoms with E-state index in [4.69, 9.17) is 0 Å². The SMILES string of the molecule is Cc1cc(C(=O)O)cc(N2C(=O)c3ccc(C(C)(c4ccc5c(c4)C(=O)N(C(c4c(C)c(C)c(N6C(=O)c7ccc(C(C)(c8ccc9c(c8)C(=O)N(C)C9=O)C(F)(F)F)cc7C6=O)c(C)c4C)(C(C)C)C(C)C)C5=O)C(F)(F)F)cc3C2=O)c1. The van der Waals surface area contributed by atoms with Crippen LogP contribution in [0.3, 0.4) is 0 Å². The van der Waals surface area contributed by atoms with Gasteiger partial charge < -0.3 is 5.11 Å². The number of aryl methyl sites for hydroxylation is 1. The summed E-state index contributed by atoms with van der Waals surface area (Å²) in [4.78, 5) is 128. The molecule has 20 heteroatoms. The summed E-state index contributed by atoms with van der Waals surface area (Å²) in [5.74, 6) is -9.50. The van der Waals surface area contributed by atoms with E-state index in [2.05, 4.69) is 0 Å². The third-order valence-corrected chi connectivity index (χ3v) is 18.1. The van der Waals surface area contributed by atoms with Crippen molar-refractivity contribution in [2.45, 2.75) is 105 Å². The van der Waals surface area contributed by atoms with Crippen LogP contribution in [0.2, 0.25) is 0 Å². The number of fused-ring (bicyclic) bond motifs is 4. The standard InChI is InChI=1S/C64H54F6N4O10/c1-28(2)62(29(3)4,74-57(81)44-20-16-39(27-48(44)58(74)82)61(11,64(68,69)70)37-14-18-42-46(25-37)55(79)72(53(42)77)40-22-30(5)21-35(23-40)59(83)84)49-31(6)33(8)50(34(9)32(49)7)73-54(78)43-19-15-38(26-47(43)56(73)80)60(10,63(65,66)67)36-13-17-41-45(24-36)52(76)71(12)51(41)75/h13-29H,1-12H3,(H,83,84). The van der Waals surface area contributed by atoms with E-state index in [9.17, 15) is 38.7 Å².